The van der Waals surface area contributed by atoms with Crippen molar-refractivity contribution in [1.29, 1.82) is 0 Å². The van der Waals surface area contributed by atoms with Crippen LogP contribution < -0.4 is 15.4 Å². The molecule has 0 aromatic heterocycles. The van der Waals surface area contributed by atoms with Gasteiger partial charge in [0.2, 0.25) is 5.91 Å². The molecule has 2 aromatic carbocycles. The second-order valence-corrected chi connectivity index (χ2v) is 22.6. The fourth-order valence-electron chi connectivity index (χ4n) is 14.6. The predicted molar refractivity (Wildman–Crippen MR) is 232 cm³/mol. The zero-order chi connectivity index (χ0) is 42.3. The summed E-state index contributed by atoms with van der Waals surface area (Å²) in [4.78, 5) is 50.9. The lowest BCUT2D eigenvalue weighted by molar-refractivity contribution is -0.204. The number of aliphatic carboxylic acids is 1. The van der Waals surface area contributed by atoms with Crippen molar-refractivity contribution in [3.63, 3.8) is 0 Å². The maximum atomic E-state index is 14.9. The lowest BCUT2D eigenvalue weighted by Gasteiger charge is -2.72. The summed E-state index contributed by atoms with van der Waals surface area (Å²) >= 11 is 2.96. The number of carbonyl (C=O) groups is 4. The number of hydrogen-bond donors (Lipinski definition) is 5. The van der Waals surface area contributed by atoms with Gasteiger partial charge in [-0.15, -0.1) is 0 Å². The number of ether oxygens (including phenoxy) is 1. The zero-order valence-electron chi connectivity index (χ0n) is 35.3. The summed E-state index contributed by atoms with van der Waals surface area (Å²) in [6.45, 7) is 12.0. The summed E-state index contributed by atoms with van der Waals surface area (Å²) in [7, 11) is 0. The van der Waals surface area contributed by atoms with Gasteiger partial charge in [-0.3, -0.25) is 9.59 Å². The van der Waals surface area contributed by atoms with Crippen LogP contribution in [-0.2, 0) is 22.7 Å². The maximum absolute atomic E-state index is 14.9. The van der Waals surface area contributed by atoms with Crippen LogP contribution in [0.1, 0.15) is 137 Å². The normalized spacial score (nSPS) is 39.0. The molecule has 0 spiro atoms. The molecule has 2 amide bonds. The van der Waals surface area contributed by atoms with Crippen LogP contribution >= 0.6 is 22.6 Å². The maximum Gasteiger partial charge on any atom is 0.341 e. The lowest BCUT2D eigenvalue weighted by atomic mass is 9.36. The van der Waals surface area contributed by atoms with Crippen molar-refractivity contribution < 1.29 is 39.2 Å². The minimum Gasteiger partial charge on any atom is -0.481 e. The van der Waals surface area contributed by atoms with E-state index in [1.807, 2.05) is 12.1 Å². The monoisotopic (exact) mass is 922 g/mol. The Morgan fingerprint density at radius 1 is 0.814 bits per heavy atom. The van der Waals surface area contributed by atoms with E-state index in [4.69, 9.17) is 9.84 Å². The second kappa shape index (κ2) is 15.3. The Morgan fingerprint density at radius 2 is 1.54 bits per heavy atom. The van der Waals surface area contributed by atoms with E-state index >= 15 is 0 Å². The molecule has 6 aliphatic rings. The Hall–Kier alpha value is -3.19. The van der Waals surface area contributed by atoms with Crippen molar-refractivity contribution in [3.8, 4) is 5.75 Å². The molecule has 0 heterocycles. The highest BCUT2D eigenvalue weighted by Gasteiger charge is 2.73. The summed E-state index contributed by atoms with van der Waals surface area (Å²) in [6, 6.07) is 11.6. The van der Waals surface area contributed by atoms with Gasteiger partial charge in [0.25, 0.3) is 5.91 Å². The van der Waals surface area contributed by atoms with Gasteiger partial charge >= 0.3 is 11.9 Å². The Morgan fingerprint density at radius 3 is 2.25 bits per heavy atom. The third-order valence-electron chi connectivity index (χ3n) is 17.6. The number of nitrogens with one attached hydrogen (secondary N) is 2. The number of benzene rings is 2. The van der Waals surface area contributed by atoms with Gasteiger partial charge in [-0.05, 0) is 164 Å². The van der Waals surface area contributed by atoms with E-state index in [0.717, 1.165) is 50.0 Å². The van der Waals surface area contributed by atoms with Crippen molar-refractivity contribution in [1.82, 2.24) is 10.6 Å². The van der Waals surface area contributed by atoms with Crippen LogP contribution in [-0.4, -0.2) is 55.2 Å². The smallest absolute Gasteiger partial charge is 0.341 e. The topological polar surface area (TPSA) is 162 Å². The fourth-order valence-corrected chi connectivity index (χ4v) is 16.2. The van der Waals surface area contributed by atoms with Crippen LogP contribution in [0.4, 0.5) is 0 Å². The number of carboxylic acid groups (broad SMARTS) is 2. The van der Waals surface area contributed by atoms with E-state index in [1.165, 1.54) is 44.2 Å². The van der Waals surface area contributed by atoms with E-state index < -0.39 is 18.5 Å². The van der Waals surface area contributed by atoms with E-state index in [-0.39, 0.29) is 60.9 Å². The van der Waals surface area contributed by atoms with Gasteiger partial charge in [-0.2, -0.15) is 0 Å². The molecule has 0 aliphatic heterocycles. The number of aliphatic hydroxyl groups excluding tert-OH is 1. The molecule has 12 atom stereocenters. The number of aliphatic hydroxyl groups is 1. The van der Waals surface area contributed by atoms with Crippen molar-refractivity contribution in [2.24, 2.45) is 63.1 Å². The second-order valence-electron chi connectivity index (χ2n) is 20.6. The van der Waals surface area contributed by atoms with Crippen LogP contribution in [0.2, 0.25) is 0 Å². The molecule has 12 unspecified atom stereocenters. The summed E-state index contributed by atoms with van der Waals surface area (Å²) in [5, 5.41) is 36.0. The Kier molecular flexibility index (Phi) is 11.0. The molecule has 6 fully saturated rings. The quantitative estimate of drug-likeness (QED) is 0.111. The van der Waals surface area contributed by atoms with Crippen molar-refractivity contribution in [2.45, 2.75) is 128 Å². The number of carboxylic acids is 2. The van der Waals surface area contributed by atoms with Gasteiger partial charge in [0.1, 0.15) is 11.3 Å². The molecule has 320 valence electrons. The van der Waals surface area contributed by atoms with Crippen molar-refractivity contribution >= 4 is 46.3 Å². The van der Waals surface area contributed by atoms with Gasteiger partial charge in [-0.1, -0.05) is 75.4 Å². The minimum atomic E-state index is -1.26. The molecule has 10 nitrogen and oxygen atoms in total. The average Bonchev–Trinajstić information content (AvgIpc) is 3.79. The Labute approximate surface area is 362 Å². The molecule has 8 rings (SSSR count). The first-order valence-electron chi connectivity index (χ1n) is 22.1. The third kappa shape index (κ3) is 7.00. The number of amides is 2. The molecule has 5 N–H and O–H groups in total. The summed E-state index contributed by atoms with van der Waals surface area (Å²) in [5.74, 6) is 1.34. The van der Waals surface area contributed by atoms with Crippen molar-refractivity contribution in [3.05, 3.63) is 64.7 Å². The molecule has 0 radical (unpaired) electrons. The number of carbonyl (C=O) groups excluding carboxylic acids is 2. The molecular weight excluding hydrogens is 859 g/mol. The summed E-state index contributed by atoms with van der Waals surface area (Å²) < 4.78 is 5.25. The van der Waals surface area contributed by atoms with E-state index in [1.54, 1.807) is 18.2 Å². The summed E-state index contributed by atoms with van der Waals surface area (Å²) in [6.07, 6.45) is 11.9. The van der Waals surface area contributed by atoms with Crippen molar-refractivity contribution in [2.75, 3.05) is 6.61 Å². The number of halogens is 1. The molecule has 2 aromatic rings. The zero-order valence-corrected chi connectivity index (χ0v) is 37.5. The van der Waals surface area contributed by atoms with Gasteiger partial charge in [-0.25, -0.2) is 9.59 Å². The number of rotatable bonds is 11. The standard InChI is InChI=1S/C48H63IN2O8/c1-27-21-32(27)31-13-18-47(19-20-48(49)34(40(31)47)10-12-37-45(4)16-15-38(52)44(2,3)36(45)14-17-46(37,48)5)43(58)51-25-28-7-6-8-30(22-28)41(55)50-24-29-9-11-35(59-26-39(53)54)33(23-29)42(56)57/h6-9,11,22-23,27,31-32,34,36-38,40,52H,10,12-21,24-26H2,1-5H3,(H,50,55)(H,51,58)(H,53,54)(H,56,57). The first-order valence-corrected chi connectivity index (χ1v) is 23.2. The molecule has 59 heavy (non-hydrogen) atoms. The van der Waals surface area contributed by atoms with E-state index in [2.05, 4.69) is 67.8 Å². The van der Waals surface area contributed by atoms with Crippen LogP contribution in [0.3, 0.4) is 0 Å². The van der Waals surface area contributed by atoms with E-state index in [9.17, 15) is 29.4 Å². The average molecular weight is 923 g/mol. The van der Waals surface area contributed by atoms with Crippen LogP contribution in [0.15, 0.2) is 42.5 Å². The molecule has 0 saturated heterocycles. The highest BCUT2D eigenvalue weighted by molar-refractivity contribution is 14.1. The van der Waals surface area contributed by atoms with Gasteiger partial charge in [0.05, 0.1) is 11.5 Å². The number of fused-ring (bicyclic) bond motifs is 7. The Bertz CT molecular complexity index is 2020. The minimum absolute atomic E-state index is 0.0586. The highest BCUT2D eigenvalue weighted by atomic mass is 127. The lowest BCUT2D eigenvalue weighted by Crippen LogP contribution is -2.69. The van der Waals surface area contributed by atoms with Gasteiger partial charge in [0.15, 0.2) is 6.61 Å². The van der Waals surface area contributed by atoms with Crippen LogP contribution in [0.25, 0.3) is 0 Å². The van der Waals surface area contributed by atoms with Crippen LogP contribution in [0, 0.1) is 63.1 Å². The molecule has 6 aliphatic carbocycles. The van der Waals surface area contributed by atoms with Crippen LogP contribution in [0.5, 0.6) is 5.75 Å². The van der Waals surface area contributed by atoms with Gasteiger partial charge in [0, 0.05) is 22.1 Å². The Balaban J connectivity index is 0.971. The SMILES string of the molecule is CC1CC1C1CCC2(C(=O)NCc3cccc(C(=O)NCc4ccc(OCC(=O)O)c(C(=O)O)c4)c3)CCC3(I)C(CCC4C5(C)CCC(O)C(C)(C)C5CCC43C)C12. The predicted octanol–water partition coefficient (Wildman–Crippen LogP) is 8.66. The number of hydrogen-bond acceptors (Lipinski definition) is 6. The fraction of sp³-hybridized carbons (Fsp3) is 0.667. The van der Waals surface area contributed by atoms with E-state index in [0.29, 0.717) is 53.2 Å². The first-order chi connectivity index (χ1) is 27.9. The molecule has 11 heteroatoms. The summed E-state index contributed by atoms with van der Waals surface area (Å²) in [5.41, 5.74) is 1.56. The molecule has 6 saturated carbocycles. The number of alkyl halides is 1. The highest BCUT2D eigenvalue weighted by Crippen LogP contribution is 2.77. The first kappa shape index (κ1) is 42.5. The number of aromatic carboxylic acids is 1. The van der Waals surface area contributed by atoms with Gasteiger partial charge < -0.3 is 30.7 Å². The molecule has 0 bridgehead atoms. The largest absolute Gasteiger partial charge is 0.481 e. The molecular formula is C48H63IN2O8. The third-order valence-corrected chi connectivity index (χ3v) is 20.2.